The predicted octanol–water partition coefficient (Wildman–Crippen LogP) is 5.73. The largest absolute Gasteiger partial charge is 0.494 e. The van der Waals surface area contributed by atoms with Crippen molar-refractivity contribution in [2.75, 3.05) is 13.2 Å². The average Bonchev–Trinajstić information content (AvgIpc) is 2.78. The van der Waals surface area contributed by atoms with Gasteiger partial charge in [-0.3, -0.25) is 0 Å². The Balaban J connectivity index is 1.68. The molecule has 2 N–H and O–H groups in total. The summed E-state index contributed by atoms with van der Waals surface area (Å²) in [6, 6.07) is 15.7. The molecule has 2 aromatic carbocycles. The van der Waals surface area contributed by atoms with Crippen molar-refractivity contribution in [3.63, 3.8) is 0 Å². The summed E-state index contributed by atoms with van der Waals surface area (Å²) < 4.78 is 11.5. The number of unbranched alkanes of at least 4 members (excludes halogenated alkanes) is 4. The Labute approximate surface area is 193 Å². The van der Waals surface area contributed by atoms with Crippen molar-refractivity contribution >= 4 is 0 Å². The first-order chi connectivity index (χ1) is 15.5. The maximum absolute atomic E-state index is 9.26. The first-order valence-electron chi connectivity index (χ1n) is 11.9. The summed E-state index contributed by atoms with van der Waals surface area (Å²) in [6.07, 6.45) is 7.50. The fourth-order valence-electron chi connectivity index (χ4n) is 3.23. The third-order valence-electron chi connectivity index (χ3n) is 5.13. The van der Waals surface area contributed by atoms with Gasteiger partial charge in [-0.25, -0.2) is 0 Å². The molecule has 4 nitrogen and oxygen atoms in total. The number of aliphatic hydroxyl groups excluding tert-OH is 2. The molecule has 0 aromatic heterocycles. The standard InChI is InChI=1S/C28H38O4/c1-23(29)9-5-3-7-21-31-27-17-13-25(14-18-27)11-12-26-15-19-28(20-16-26)32-22-8-4-6-10-24(2)30/h13-20,23-24,29-30H,3-10,21-22H2,1-2H3. The van der Waals surface area contributed by atoms with Crippen LogP contribution in [-0.2, 0) is 0 Å². The highest BCUT2D eigenvalue weighted by atomic mass is 16.5. The quantitative estimate of drug-likeness (QED) is 0.292. The number of ether oxygens (including phenoxy) is 2. The molecule has 2 atom stereocenters. The lowest BCUT2D eigenvalue weighted by atomic mass is 10.1. The molecule has 0 spiro atoms. The van der Waals surface area contributed by atoms with Crippen molar-refractivity contribution in [2.24, 2.45) is 0 Å². The van der Waals surface area contributed by atoms with Crippen LogP contribution >= 0.6 is 0 Å². The zero-order valence-electron chi connectivity index (χ0n) is 19.6. The minimum absolute atomic E-state index is 0.210. The highest BCUT2D eigenvalue weighted by Gasteiger charge is 1.99. The van der Waals surface area contributed by atoms with Crippen molar-refractivity contribution in [3.8, 4) is 23.3 Å². The van der Waals surface area contributed by atoms with Crippen LogP contribution in [0.4, 0.5) is 0 Å². The number of aliphatic hydroxyl groups is 2. The van der Waals surface area contributed by atoms with E-state index >= 15 is 0 Å². The molecule has 32 heavy (non-hydrogen) atoms. The summed E-state index contributed by atoms with van der Waals surface area (Å²) in [6.45, 7) is 5.05. The Morgan fingerprint density at radius 3 is 1.31 bits per heavy atom. The molecule has 0 amide bonds. The van der Waals surface area contributed by atoms with Crippen molar-refractivity contribution < 1.29 is 19.7 Å². The van der Waals surface area contributed by atoms with Gasteiger partial charge in [0, 0.05) is 11.1 Å². The average molecular weight is 439 g/mol. The van der Waals surface area contributed by atoms with Crippen LogP contribution in [0.25, 0.3) is 0 Å². The Bertz CT molecular complexity index is 731. The molecule has 2 aromatic rings. The number of rotatable bonds is 14. The zero-order valence-corrected chi connectivity index (χ0v) is 19.6. The number of hydrogen-bond donors (Lipinski definition) is 2. The normalized spacial score (nSPS) is 12.5. The SMILES string of the molecule is CC(O)CCCCCOc1ccc(C#Cc2ccc(OCCCCCC(C)O)cc2)cc1. The van der Waals surface area contributed by atoms with E-state index in [2.05, 4.69) is 11.8 Å². The summed E-state index contributed by atoms with van der Waals surface area (Å²) >= 11 is 0. The van der Waals surface area contributed by atoms with Crippen LogP contribution in [-0.4, -0.2) is 35.6 Å². The van der Waals surface area contributed by atoms with Crippen LogP contribution in [0.2, 0.25) is 0 Å². The van der Waals surface area contributed by atoms with Crippen LogP contribution in [0, 0.1) is 11.8 Å². The molecule has 0 aliphatic rings. The molecule has 174 valence electrons. The summed E-state index contributed by atoms with van der Waals surface area (Å²) in [5.41, 5.74) is 1.90. The van der Waals surface area contributed by atoms with Gasteiger partial charge in [0.15, 0.2) is 0 Å². The third-order valence-corrected chi connectivity index (χ3v) is 5.13. The second-order valence-electron chi connectivity index (χ2n) is 8.39. The molecule has 0 saturated carbocycles. The molecule has 0 heterocycles. The predicted molar refractivity (Wildman–Crippen MR) is 130 cm³/mol. The molecule has 0 bridgehead atoms. The molecule has 0 aliphatic carbocycles. The van der Waals surface area contributed by atoms with E-state index in [1.807, 2.05) is 62.4 Å². The van der Waals surface area contributed by atoms with E-state index in [1.54, 1.807) is 0 Å². The van der Waals surface area contributed by atoms with Crippen molar-refractivity contribution in [2.45, 2.75) is 77.4 Å². The van der Waals surface area contributed by atoms with Gasteiger partial charge in [-0.1, -0.05) is 24.7 Å². The topological polar surface area (TPSA) is 58.9 Å². The highest BCUT2D eigenvalue weighted by molar-refractivity contribution is 5.45. The van der Waals surface area contributed by atoms with E-state index < -0.39 is 0 Å². The fourth-order valence-corrected chi connectivity index (χ4v) is 3.23. The van der Waals surface area contributed by atoms with Gasteiger partial charge >= 0.3 is 0 Å². The van der Waals surface area contributed by atoms with E-state index in [-0.39, 0.29) is 12.2 Å². The Morgan fingerprint density at radius 2 is 0.969 bits per heavy atom. The fraction of sp³-hybridized carbons (Fsp3) is 0.500. The maximum Gasteiger partial charge on any atom is 0.119 e. The Hall–Kier alpha value is -2.48. The monoisotopic (exact) mass is 438 g/mol. The maximum atomic E-state index is 9.26. The minimum Gasteiger partial charge on any atom is -0.494 e. The summed E-state index contributed by atoms with van der Waals surface area (Å²) in [5.74, 6) is 8.09. The van der Waals surface area contributed by atoms with Crippen LogP contribution in [0.15, 0.2) is 48.5 Å². The first-order valence-corrected chi connectivity index (χ1v) is 11.9. The zero-order chi connectivity index (χ0) is 23.0. The van der Waals surface area contributed by atoms with Gasteiger partial charge in [0.05, 0.1) is 25.4 Å². The third kappa shape index (κ3) is 11.8. The van der Waals surface area contributed by atoms with E-state index in [1.165, 1.54) is 0 Å². The van der Waals surface area contributed by atoms with Crippen LogP contribution in [0.5, 0.6) is 11.5 Å². The molecule has 0 fully saturated rings. The molecular weight excluding hydrogens is 400 g/mol. The van der Waals surface area contributed by atoms with Crippen LogP contribution in [0.1, 0.15) is 76.3 Å². The minimum atomic E-state index is -0.210. The van der Waals surface area contributed by atoms with Gasteiger partial charge in [-0.2, -0.15) is 0 Å². The van der Waals surface area contributed by atoms with Gasteiger partial charge in [0.2, 0.25) is 0 Å². The first kappa shape index (κ1) is 25.8. The Kier molecular flexibility index (Phi) is 12.4. The van der Waals surface area contributed by atoms with Gasteiger partial charge in [0.25, 0.3) is 0 Å². The molecular formula is C28H38O4. The van der Waals surface area contributed by atoms with Crippen molar-refractivity contribution in [1.82, 2.24) is 0 Å². The second kappa shape index (κ2) is 15.3. The highest BCUT2D eigenvalue weighted by Crippen LogP contribution is 2.15. The van der Waals surface area contributed by atoms with Gasteiger partial charge in [0.1, 0.15) is 11.5 Å². The van der Waals surface area contributed by atoms with Crippen molar-refractivity contribution in [1.29, 1.82) is 0 Å². The van der Waals surface area contributed by atoms with Crippen LogP contribution in [0.3, 0.4) is 0 Å². The van der Waals surface area contributed by atoms with E-state index in [9.17, 15) is 10.2 Å². The Morgan fingerprint density at radius 1 is 0.594 bits per heavy atom. The lowest BCUT2D eigenvalue weighted by molar-refractivity contribution is 0.178. The van der Waals surface area contributed by atoms with E-state index in [0.29, 0.717) is 13.2 Å². The summed E-state index contributed by atoms with van der Waals surface area (Å²) in [7, 11) is 0. The summed E-state index contributed by atoms with van der Waals surface area (Å²) in [5, 5.41) is 18.5. The number of benzene rings is 2. The molecule has 0 aliphatic heterocycles. The van der Waals surface area contributed by atoms with Crippen LogP contribution < -0.4 is 9.47 Å². The van der Waals surface area contributed by atoms with Crippen molar-refractivity contribution in [3.05, 3.63) is 59.7 Å². The van der Waals surface area contributed by atoms with Gasteiger partial charge in [-0.15, -0.1) is 0 Å². The lowest BCUT2D eigenvalue weighted by Gasteiger charge is -2.07. The molecule has 4 heteroatoms. The van der Waals surface area contributed by atoms with E-state index in [4.69, 9.17) is 9.47 Å². The smallest absolute Gasteiger partial charge is 0.119 e. The molecule has 2 rings (SSSR count). The van der Waals surface area contributed by atoms with Gasteiger partial charge in [-0.05, 0) is 101 Å². The van der Waals surface area contributed by atoms with E-state index in [0.717, 1.165) is 74.0 Å². The summed E-state index contributed by atoms with van der Waals surface area (Å²) in [4.78, 5) is 0. The molecule has 2 unspecified atom stereocenters. The second-order valence-corrected chi connectivity index (χ2v) is 8.39. The van der Waals surface area contributed by atoms with Gasteiger partial charge < -0.3 is 19.7 Å². The molecule has 0 radical (unpaired) electrons. The number of hydrogen-bond acceptors (Lipinski definition) is 4. The molecule has 0 saturated heterocycles. The lowest BCUT2D eigenvalue weighted by Crippen LogP contribution is -2.01.